The van der Waals surface area contributed by atoms with E-state index in [-0.39, 0.29) is 16.8 Å². The Morgan fingerprint density at radius 2 is 2.21 bits per heavy atom. The molecule has 4 N–H and O–H groups in total. The average molecular weight is 303 g/mol. The van der Waals surface area contributed by atoms with E-state index in [0.717, 1.165) is 24.2 Å². The molecule has 0 saturated carbocycles. The van der Waals surface area contributed by atoms with Crippen LogP contribution in [0.4, 0.5) is 0 Å². The number of amides is 1. The first-order valence-electron chi connectivity index (χ1n) is 5.97. The van der Waals surface area contributed by atoms with E-state index in [1.165, 1.54) is 6.07 Å². The maximum atomic E-state index is 12.3. The molecule has 19 heavy (non-hydrogen) atoms. The van der Waals surface area contributed by atoms with Crippen molar-refractivity contribution in [2.45, 2.75) is 30.7 Å². The smallest absolute Gasteiger partial charge is 0.264 e. The van der Waals surface area contributed by atoms with Gasteiger partial charge in [0.2, 0.25) is 10.0 Å². The number of sulfonamides is 1. The predicted octanol–water partition coefficient (Wildman–Crippen LogP) is 0.267. The number of nitrogens with two attached hydrogens (primary N) is 2. The molecule has 0 aliphatic carbocycles. The minimum atomic E-state index is -3.77. The van der Waals surface area contributed by atoms with Gasteiger partial charge < -0.3 is 10.6 Å². The van der Waals surface area contributed by atoms with E-state index in [1.807, 2.05) is 0 Å². The van der Waals surface area contributed by atoms with Crippen molar-refractivity contribution < 1.29 is 13.2 Å². The lowest BCUT2D eigenvalue weighted by Crippen LogP contribution is -2.45. The fourth-order valence-electron chi connectivity index (χ4n) is 2.20. The molecule has 1 atom stereocenters. The first-order chi connectivity index (χ1) is 8.79. The van der Waals surface area contributed by atoms with Gasteiger partial charge in [-0.05, 0) is 25.8 Å². The number of piperidine rings is 1. The summed E-state index contributed by atoms with van der Waals surface area (Å²) in [6, 6.07) is 1.36. The van der Waals surface area contributed by atoms with Gasteiger partial charge in [0, 0.05) is 24.0 Å². The van der Waals surface area contributed by atoms with Gasteiger partial charge in [0.05, 0.1) is 9.77 Å². The maximum absolute atomic E-state index is 12.3. The highest BCUT2D eigenvalue weighted by Gasteiger charge is 2.25. The van der Waals surface area contributed by atoms with E-state index in [0.29, 0.717) is 22.8 Å². The van der Waals surface area contributed by atoms with Crippen LogP contribution in [0.3, 0.4) is 0 Å². The van der Waals surface area contributed by atoms with Gasteiger partial charge in [-0.3, -0.25) is 4.79 Å². The lowest BCUT2D eigenvalue weighted by Gasteiger charge is -2.30. The molecule has 1 unspecified atom stereocenters. The molecule has 1 saturated heterocycles. The molecule has 2 rings (SSSR count). The number of primary sulfonamides is 1. The normalized spacial score (nSPS) is 20.6. The number of rotatable bonds is 2. The van der Waals surface area contributed by atoms with Crippen LogP contribution >= 0.6 is 11.3 Å². The standard InChI is InChI=1S/C11H17N3O3S2/c1-7-10(19(13,16)17)5-9(18-7)11(15)14-4-2-3-8(12)6-14/h5,8H,2-4,6,12H2,1H3,(H2,13,16,17). The Kier molecular flexibility index (Phi) is 3.95. The molecule has 1 amide bonds. The number of thiophene rings is 1. The van der Waals surface area contributed by atoms with Gasteiger partial charge in [-0.15, -0.1) is 11.3 Å². The zero-order valence-electron chi connectivity index (χ0n) is 10.6. The Hall–Kier alpha value is -0.960. The van der Waals surface area contributed by atoms with E-state index in [1.54, 1.807) is 11.8 Å². The lowest BCUT2D eigenvalue weighted by atomic mass is 10.1. The number of carbonyl (C=O) groups is 1. The van der Waals surface area contributed by atoms with E-state index >= 15 is 0 Å². The van der Waals surface area contributed by atoms with Crippen molar-refractivity contribution in [1.82, 2.24) is 4.90 Å². The second-order valence-corrected chi connectivity index (χ2v) is 7.52. The number of nitrogens with zero attached hydrogens (tertiary/aromatic N) is 1. The van der Waals surface area contributed by atoms with Crippen LogP contribution in [0.1, 0.15) is 27.4 Å². The summed E-state index contributed by atoms with van der Waals surface area (Å²) < 4.78 is 22.7. The molecule has 1 fully saturated rings. The summed E-state index contributed by atoms with van der Waals surface area (Å²) in [5.74, 6) is -0.168. The quantitative estimate of drug-likeness (QED) is 0.817. The molecule has 8 heteroatoms. The van der Waals surface area contributed by atoms with Crippen molar-refractivity contribution in [2.24, 2.45) is 10.9 Å². The van der Waals surface area contributed by atoms with Crippen molar-refractivity contribution in [1.29, 1.82) is 0 Å². The molecule has 1 aliphatic heterocycles. The monoisotopic (exact) mass is 303 g/mol. The molecule has 1 aromatic rings. The van der Waals surface area contributed by atoms with Gasteiger partial charge in [-0.1, -0.05) is 0 Å². The molecular formula is C11H17N3O3S2. The van der Waals surface area contributed by atoms with E-state index in [2.05, 4.69) is 0 Å². The van der Waals surface area contributed by atoms with Crippen molar-refractivity contribution in [2.75, 3.05) is 13.1 Å². The second kappa shape index (κ2) is 5.20. The molecule has 0 spiro atoms. The first-order valence-corrected chi connectivity index (χ1v) is 8.33. The Balaban J connectivity index is 2.25. The van der Waals surface area contributed by atoms with Crippen molar-refractivity contribution in [3.63, 3.8) is 0 Å². The highest BCUT2D eigenvalue weighted by Crippen LogP contribution is 2.26. The van der Waals surface area contributed by atoms with Crippen LogP contribution < -0.4 is 10.9 Å². The Bertz CT molecular complexity index is 594. The minimum Gasteiger partial charge on any atom is -0.336 e. The molecule has 1 aliphatic rings. The third-order valence-electron chi connectivity index (χ3n) is 3.13. The Morgan fingerprint density at radius 1 is 1.53 bits per heavy atom. The van der Waals surface area contributed by atoms with E-state index < -0.39 is 10.0 Å². The number of carbonyl (C=O) groups excluding carboxylic acids is 1. The van der Waals surface area contributed by atoms with Gasteiger partial charge in [0.1, 0.15) is 0 Å². The highest BCUT2D eigenvalue weighted by molar-refractivity contribution is 7.89. The summed E-state index contributed by atoms with van der Waals surface area (Å²) in [6.07, 6.45) is 1.79. The molecule has 0 radical (unpaired) electrons. The summed E-state index contributed by atoms with van der Waals surface area (Å²) >= 11 is 1.15. The second-order valence-electron chi connectivity index (χ2n) is 4.73. The lowest BCUT2D eigenvalue weighted by molar-refractivity contribution is 0.0713. The van der Waals surface area contributed by atoms with Crippen LogP contribution in [0.2, 0.25) is 0 Å². The van der Waals surface area contributed by atoms with Gasteiger partial charge in [-0.2, -0.15) is 0 Å². The van der Waals surface area contributed by atoms with Gasteiger partial charge >= 0.3 is 0 Å². The SMILES string of the molecule is Cc1sc(C(=O)N2CCCC(N)C2)cc1S(N)(=O)=O. The minimum absolute atomic E-state index is 0.00327. The molecule has 0 bridgehead atoms. The van der Waals surface area contributed by atoms with E-state index in [4.69, 9.17) is 10.9 Å². The molecular weight excluding hydrogens is 286 g/mol. The van der Waals surface area contributed by atoms with Crippen LogP contribution in [-0.4, -0.2) is 38.4 Å². The van der Waals surface area contributed by atoms with Crippen LogP contribution in [0.5, 0.6) is 0 Å². The first kappa shape index (κ1) is 14.4. The molecule has 1 aromatic heterocycles. The Morgan fingerprint density at radius 3 is 2.74 bits per heavy atom. The largest absolute Gasteiger partial charge is 0.336 e. The van der Waals surface area contributed by atoms with Crippen LogP contribution in [-0.2, 0) is 10.0 Å². The van der Waals surface area contributed by atoms with Crippen LogP contribution in [0.15, 0.2) is 11.0 Å². The topological polar surface area (TPSA) is 106 Å². The van der Waals surface area contributed by atoms with E-state index in [9.17, 15) is 13.2 Å². The third kappa shape index (κ3) is 3.14. The van der Waals surface area contributed by atoms with Gasteiger partial charge in [-0.25, -0.2) is 13.6 Å². The van der Waals surface area contributed by atoms with Crippen LogP contribution in [0.25, 0.3) is 0 Å². The highest BCUT2D eigenvalue weighted by atomic mass is 32.2. The fourth-order valence-corrected chi connectivity index (χ4v) is 4.32. The summed E-state index contributed by atoms with van der Waals surface area (Å²) in [5, 5.41) is 5.11. The van der Waals surface area contributed by atoms with Gasteiger partial charge in [0.25, 0.3) is 5.91 Å². The average Bonchev–Trinajstić information content (AvgIpc) is 2.70. The van der Waals surface area contributed by atoms with Crippen LogP contribution in [0, 0.1) is 6.92 Å². The zero-order valence-corrected chi connectivity index (χ0v) is 12.3. The van der Waals surface area contributed by atoms with Crippen molar-refractivity contribution in [3.05, 3.63) is 15.8 Å². The molecule has 106 valence electrons. The van der Waals surface area contributed by atoms with Crippen molar-refractivity contribution >= 4 is 27.3 Å². The van der Waals surface area contributed by atoms with Gasteiger partial charge in [0.15, 0.2) is 0 Å². The molecule has 2 heterocycles. The van der Waals surface area contributed by atoms with Crippen molar-refractivity contribution in [3.8, 4) is 0 Å². The summed E-state index contributed by atoms with van der Waals surface area (Å²) in [7, 11) is -3.77. The molecule has 6 nitrogen and oxygen atoms in total. The summed E-state index contributed by atoms with van der Waals surface area (Å²) in [4.78, 5) is 14.9. The third-order valence-corrected chi connectivity index (χ3v) is 5.34. The number of hydrogen-bond acceptors (Lipinski definition) is 5. The zero-order chi connectivity index (χ0) is 14.2. The summed E-state index contributed by atoms with van der Waals surface area (Å²) in [6.45, 7) is 2.82. The molecule has 0 aromatic carbocycles. The summed E-state index contributed by atoms with van der Waals surface area (Å²) in [5.41, 5.74) is 5.84. The maximum Gasteiger partial charge on any atom is 0.264 e. The number of aryl methyl sites for hydroxylation is 1. The fraction of sp³-hybridized carbons (Fsp3) is 0.545. The Labute approximate surface area is 116 Å². The predicted molar refractivity (Wildman–Crippen MR) is 73.5 cm³/mol. The number of hydrogen-bond donors (Lipinski definition) is 2. The number of likely N-dealkylation sites (tertiary alicyclic amines) is 1.